The fraction of sp³-hybridized carbons (Fsp3) is 0.286. The Bertz CT molecular complexity index is 558. The number of nitrogens with zero attached hydrogens (tertiary/aromatic N) is 1. The van der Waals surface area contributed by atoms with Crippen LogP contribution in [0, 0.1) is 0 Å². The van der Waals surface area contributed by atoms with Crippen LogP contribution in [-0.4, -0.2) is 45.7 Å². The van der Waals surface area contributed by atoms with E-state index in [4.69, 9.17) is 16.7 Å². The van der Waals surface area contributed by atoms with E-state index in [1.807, 2.05) is 0 Å². The van der Waals surface area contributed by atoms with Gasteiger partial charge in [-0.3, -0.25) is 4.79 Å². The number of amides is 1. The zero-order valence-electron chi connectivity index (χ0n) is 10.6. The molecule has 1 aliphatic heterocycles. The first-order valence-electron chi connectivity index (χ1n) is 6.12. The number of β-amino-alcohol motifs (C(OH)–C–C–N with tert-alkyl or cyclic N) is 1. The van der Waals surface area contributed by atoms with Crippen LogP contribution >= 0.6 is 11.6 Å². The van der Waals surface area contributed by atoms with E-state index in [2.05, 4.69) is 0 Å². The second kappa shape index (κ2) is 6.07. The van der Waals surface area contributed by atoms with E-state index in [1.165, 1.54) is 6.08 Å². The third kappa shape index (κ3) is 3.37. The minimum absolute atomic E-state index is 0.0374. The van der Waals surface area contributed by atoms with E-state index in [-0.39, 0.29) is 13.0 Å². The minimum atomic E-state index is -1.11. The summed E-state index contributed by atoms with van der Waals surface area (Å²) in [6.07, 6.45) is 2.13. The van der Waals surface area contributed by atoms with Crippen molar-refractivity contribution in [1.82, 2.24) is 4.90 Å². The first-order chi connectivity index (χ1) is 9.47. The number of aliphatic carboxylic acids is 1. The largest absolute Gasteiger partial charge is 0.480 e. The van der Waals surface area contributed by atoms with Crippen LogP contribution < -0.4 is 0 Å². The molecule has 2 atom stereocenters. The molecule has 20 heavy (non-hydrogen) atoms. The molecule has 0 unspecified atom stereocenters. The average Bonchev–Trinajstić information content (AvgIpc) is 2.78. The van der Waals surface area contributed by atoms with E-state index in [0.717, 1.165) is 10.5 Å². The average molecular weight is 296 g/mol. The van der Waals surface area contributed by atoms with Crippen LogP contribution in [0.25, 0.3) is 6.08 Å². The number of aliphatic hydroxyl groups is 1. The van der Waals surface area contributed by atoms with Gasteiger partial charge >= 0.3 is 5.97 Å². The Morgan fingerprint density at radius 1 is 1.40 bits per heavy atom. The summed E-state index contributed by atoms with van der Waals surface area (Å²) < 4.78 is 0. The van der Waals surface area contributed by atoms with Gasteiger partial charge in [0.25, 0.3) is 0 Å². The van der Waals surface area contributed by atoms with Gasteiger partial charge in [-0.2, -0.15) is 0 Å². The molecule has 0 aliphatic carbocycles. The second-order valence-electron chi connectivity index (χ2n) is 4.62. The van der Waals surface area contributed by atoms with Crippen molar-refractivity contribution in [1.29, 1.82) is 0 Å². The first kappa shape index (κ1) is 14.6. The van der Waals surface area contributed by atoms with Crippen LogP contribution in [0.1, 0.15) is 12.0 Å². The van der Waals surface area contributed by atoms with Crippen molar-refractivity contribution in [2.75, 3.05) is 6.54 Å². The maximum atomic E-state index is 12.0. The summed E-state index contributed by atoms with van der Waals surface area (Å²) >= 11 is 5.83. The molecule has 2 N–H and O–H groups in total. The van der Waals surface area contributed by atoms with E-state index in [1.54, 1.807) is 30.3 Å². The molecular weight excluding hydrogens is 282 g/mol. The number of likely N-dealkylation sites (tertiary alicyclic amines) is 1. The number of halogens is 1. The first-order valence-corrected chi connectivity index (χ1v) is 6.50. The fourth-order valence-corrected chi connectivity index (χ4v) is 2.36. The Balaban J connectivity index is 2.09. The van der Waals surface area contributed by atoms with Crippen molar-refractivity contribution in [3.63, 3.8) is 0 Å². The molecule has 1 aromatic carbocycles. The van der Waals surface area contributed by atoms with Crippen LogP contribution in [-0.2, 0) is 9.59 Å². The summed E-state index contributed by atoms with van der Waals surface area (Å²) in [6.45, 7) is 0.0374. The molecule has 6 heteroatoms. The maximum Gasteiger partial charge on any atom is 0.326 e. The van der Waals surface area contributed by atoms with Crippen molar-refractivity contribution in [2.24, 2.45) is 0 Å². The molecule has 0 bridgehead atoms. The van der Waals surface area contributed by atoms with Gasteiger partial charge in [0.1, 0.15) is 6.04 Å². The summed E-state index contributed by atoms with van der Waals surface area (Å²) in [7, 11) is 0. The molecular formula is C14H14ClNO4. The zero-order valence-corrected chi connectivity index (χ0v) is 11.3. The lowest BCUT2D eigenvalue weighted by atomic mass is 10.2. The van der Waals surface area contributed by atoms with Crippen LogP contribution in [0.2, 0.25) is 5.02 Å². The number of carboxylic acid groups (broad SMARTS) is 1. The van der Waals surface area contributed by atoms with Gasteiger partial charge in [-0.25, -0.2) is 4.79 Å². The molecule has 0 spiro atoms. The Kier molecular flexibility index (Phi) is 4.42. The normalized spacial score (nSPS) is 22.4. The number of hydrogen-bond acceptors (Lipinski definition) is 3. The predicted molar refractivity (Wildman–Crippen MR) is 74.2 cm³/mol. The number of carbonyl (C=O) groups excluding carboxylic acids is 1. The molecule has 5 nitrogen and oxygen atoms in total. The molecule has 1 amide bonds. The Hall–Kier alpha value is -1.85. The van der Waals surface area contributed by atoms with Crippen LogP contribution in [0.15, 0.2) is 30.3 Å². The Morgan fingerprint density at radius 2 is 2.15 bits per heavy atom. The molecule has 106 valence electrons. The van der Waals surface area contributed by atoms with Crippen LogP contribution in [0.3, 0.4) is 0 Å². The molecule has 1 aromatic rings. The number of carboxylic acids is 1. The van der Waals surface area contributed by atoms with Gasteiger partial charge in [0.2, 0.25) is 5.91 Å². The van der Waals surface area contributed by atoms with Gasteiger partial charge in [0.05, 0.1) is 6.10 Å². The standard InChI is InChI=1S/C14H14ClNO4/c15-10-3-1-2-9(6-10)4-5-13(18)16-8-11(17)7-12(16)14(19)20/h1-6,11-12,17H,7-8H2,(H,19,20)/t11-,12+/m1/s1. The monoisotopic (exact) mass is 295 g/mol. The van der Waals surface area contributed by atoms with E-state index >= 15 is 0 Å². The molecule has 0 radical (unpaired) electrons. The highest BCUT2D eigenvalue weighted by atomic mass is 35.5. The lowest BCUT2D eigenvalue weighted by Crippen LogP contribution is -2.39. The fourth-order valence-electron chi connectivity index (χ4n) is 2.16. The smallest absolute Gasteiger partial charge is 0.326 e. The predicted octanol–water partition coefficient (Wildman–Crippen LogP) is 1.40. The van der Waals surface area contributed by atoms with Crippen molar-refractivity contribution in [3.8, 4) is 0 Å². The zero-order chi connectivity index (χ0) is 14.7. The van der Waals surface area contributed by atoms with Crippen molar-refractivity contribution in [2.45, 2.75) is 18.6 Å². The van der Waals surface area contributed by atoms with Crippen molar-refractivity contribution in [3.05, 3.63) is 40.9 Å². The molecule has 2 rings (SSSR count). The molecule has 1 saturated heterocycles. The van der Waals surface area contributed by atoms with E-state index in [9.17, 15) is 14.7 Å². The number of benzene rings is 1. The molecule has 1 fully saturated rings. The number of rotatable bonds is 3. The summed E-state index contributed by atoms with van der Waals surface area (Å²) in [5.74, 6) is -1.54. The minimum Gasteiger partial charge on any atom is -0.480 e. The molecule has 1 heterocycles. The third-order valence-corrected chi connectivity index (χ3v) is 3.35. The van der Waals surface area contributed by atoms with Gasteiger partial charge < -0.3 is 15.1 Å². The second-order valence-corrected chi connectivity index (χ2v) is 5.06. The lowest BCUT2D eigenvalue weighted by Gasteiger charge is -2.19. The van der Waals surface area contributed by atoms with Gasteiger partial charge in [0.15, 0.2) is 0 Å². The Morgan fingerprint density at radius 3 is 2.80 bits per heavy atom. The summed E-state index contributed by atoms with van der Waals surface area (Å²) in [5.41, 5.74) is 0.748. The topological polar surface area (TPSA) is 77.8 Å². The van der Waals surface area contributed by atoms with E-state index in [0.29, 0.717) is 5.02 Å². The van der Waals surface area contributed by atoms with Crippen molar-refractivity contribution < 1.29 is 19.8 Å². The van der Waals surface area contributed by atoms with Crippen molar-refractivity contribution >= 4 is 29.6 Å². The molecule has 0 aromatic heterocycles. The Labute approximate surface area is 121 Å². The highest BCUT2D eigenvalue weighted by Gasteiger charge is 2.37. The summed E-state index contributed by atoms with van der Waals surface area (Å²) in [4.78, 5) is 24.2. The summed E-state index contributed by atoms with van der Waals surface area (Å²) in [5, 5.41) is 19.1. The quantitative estimate of drug-likeness (QED) is 0.826. The van der Waals surface area contributed by atoms with Gasteiger partial charge in [-0.15, -0.1) is 0 Å². The van der Waals surface area contributed by atoms with Crippen LogP contribution in [0.5, 0.6) is 0 Å². The molecule has 0 saturated carbocycles. The molecule has 1 aliphatic rings. The number of aliphatic hydroxyl groups excluding tert-OH is 1. The van der Waals surface area contributed by atoms with Gasteiger partial charge in [0, 0.05) is 24.1 Å². The van der Waals surface area contributed by atoms with E-state index < -0.39 is 24.0 Å². The maximum absolute atomic E-state index is 12.0. The SMILES string of the molecule is O=C(O)[C@@H]1C[C@@H](O)CN1C(=O)C=Cc1cccc(Cl)c1. The van der Waals surface area contributed by atoms with Crippen LogP contribution in [0.4, 0.5) is 0 Å². The lowest BCUT2D eigenvalue weighted by molar-refractivity contribution is -0.146. The third-order valence-electron chi connectivity index (χ3n) is 3.11. The summed E-state index contributed by atoms with van der Waals surface area (Å²) in [6, 6.07) is 5.98. The highest BCUT2D eigenvalue weighted by molar-refractivity contribution is 6.30. The number of carbonyl (C=O) groups is 2. The highest BCUT2D eigenvalue weighted by Crippen LogP contribution is 2.19. The number of hydrogen-bond donors (Lipinski definition) is 2. The van der Waals surface area contributed by atoms with Gasteiger partial charge in [-0.1, -0.05) is 23.7 Å². The van der Waals surface area contributed by atoms with Gasteiger partial charge in [-0.05, 0) is 23.8 Å².